The van der Waals surface area contributed by atoms with Crippen LogP contribution in [-0.2, 0) is 0 Å². The van der Waals surface area contributed by atoms with Crippen LogP contribution >= 0.6 is 0 Å². The number of amides is 1. The number of rotatable bonds is 2. The predicted octanol–water partition coefficient (Wildman–Crippen LogP) is 1.38. The minimum Gasteiger partial charge on any atom is -0.384 e. The smallest absolute Gasteiger partial charge is 0.258 e. The molecule has 0 fully saturated rings. The fourth-order valence-electron chi connectivity index (χ4n) is 1.65. The lowest BCUT2D eigenvalue weighted by molar-refractivity contribution is 0.102. The molecular weight excluding hydrogens is 254 g/mol. The van der Waals surface area contributed by atoms with Crippen molar-refractivity contribution in [1.82, 2.24) is 10.2 Å². The zero-order valence-corrected chi connectivity index (χ0v) is 10.9. The van der Waals surface area contributed by atoms with Gasteiger partial charge in [0.15, 0.2) is 5.82 Å². The quantitative estimate of drug-likeness (QED) is 0.806. The lowest BCUT2D eigenvalue weighted by Crippen LogP contribution is -2.14. The molecule has 0 saturated heterocycles. The Bertz CT molecular complexity index is 673. The third-order valence-electron chi connectivity index (χ3n) is 2.54. The van der Waals surface area contributed by atoms with Gasteiger partial charge in [-0.05, 0) is 36.8 Å². The number of aromatic nitrogens is 2. The highest BCUT2D eigenvalue weighted by atomic mass is 16.2. The van der Waals surface area contributed by atoms with Gasteiger partial charge in [0.25, 0.3) is 5.91 Å². The maximum Gasteiger partial charge on any atom is 0.258 e. The normalized spacial score (nSPS) is 9.50. The Kier molecular flexibility index (Phi) is 4.43. The first kappa shape index (κ1) is 13.7. The molecule has 100 valence electrons. The fraction of sp³-hybridized carbons (Fsp3) is 0.133. The number of aliphatic hydroxyl groups excluding tert-OH is 1. The minimum atomic E-state index is -0.312. The van der Waals surface area contributed by atoms with Crippen molar-refractivity contribution < 1.29 is 9.90 Å². The molecule has 0 aliphatic carbocycles. The summed E-state index contributed by atoms with van der Waals surface area (Å²) < 4.78 is 0. The van der Waals surface area contributed by atoms with Crippen molar-refractivity contribution in [2.45, 2.75) is 6.92 Å². The molecule has 20 heavy (non-hydrogen) atoms. The van der Waals surface area contributed by atoms with Gasteiger partial charge in [-0.3, -0.25) is 4.79 Å². The van der Waals surface area contributed by atoms with Gasteiger partial charge < -0.3 is 10.4 Å². The van der Waals surface area contributed by atoms with E-state index in [9.17, 15) is 4.79 Å². The lowest BCUT2D eigenvalue weighted by Gasteiger charge is -2.06. The number of hydrogen-bond acceptors (Lipinski definition) is 4. The van der Waals surface area contributed by atoms with Crippen LogP contribution in [0.5, 0.6) is 0 Å². The number of carbonyl (C=O) groups excluding carboxylic acids is 1. The number of aliphatic hydroxyl groups is 1. The third-order valence-corrected chi connectivity index (χ3v) is 2.54. The molecule has 5 nitrogen and oxygen atoms in total. The SMILES string of the molecule is Cc1ccc(C(=O)Nc2cccnn2)c(C#CCO)c1. The van der Waals surface area contributed by atoms with Crippen LogP contribution in [0, 0.1) is 18.8 Å². The maximum absolute atomic E-state index is 12.2. The molecule has 2 rings (SSSR count). The third kappa shape index (κ3) is 3.40. The van der Waals surface area contributed by atoms with Crippen molar-refractivity contribution in [3.63, 3.8) is 0 Å². The average Bonchev–Trinajstić information content (AvgIpc) is 2.46. The zero-order chi connectivity index (χ0) is 14.4. The molecule has 0 atom stereocenters. The second kappa shape index (κ2) is 6.45. The van der Waals surface area contributed by atoms with E-state index >= 15 is 0 Å². The van der Waals surface area contributed by atoms with Gasteiger partial charge in [-0.1, -0.05) is 17.9 Å². The van der Waals surface area contributed by atoms with E-state index in [2.05, 4.69) is 27.4 Å². The Morgan fingerprint density at radius 3 is 2.95 bits per heavy atom. The summed E-state index contributed by atoms with van der Waals surface area (Å²) in [6, 6.07) is 8.66. The molecule has 0 spiro atoms. The molecule has 2 aromatic rings. The summed E-state index contributed by atoms with van der Waals surface area (Å²) in [5.41, 5.74) is 1.99. The van der Waals surface area contributed by atoms with Crippen molar-refractivity contribution >= 4 is 11.7 Å². The highest BCUT2D eigenvalue weighted by Crippen LogP contribution is 2.12. The number of anilines is 1. The van der Waals surface area contributed by atoms with Gasteiger partial charge in [-0.25, -0.2) is 0 Å². The second-order valence-electron chi connectivity index (χ2n) is 4.07. The van der Waals surface area contributed by atoms with Gasteiger partial charge in [-0.15, -0.1) is 5.10 Å². The minimum absolute atomic E-state index is 0.251. The summed E-state index contributed by atoms with van der Waals surface area (Å²) in [4.78, 5) is 12.2. The fourth-order valence-corrected chi connectivity index (χ4v) is 1.65. The van der Waals surface area contributed by atoms with E-state index in [1.54, 1.807) is 24.3 Å². The Hall–Kier alpha value is -2.71. The largest absolute Gasteiger partial charge is 0.384 e. The Morgan fingerprint density at radius 1 is 1.40 bits per heavy atom. The number of nitrogens with zero attached hydrogens (tertiary/aromatic N) is 2. The summed E-state index contributed by atoms with van der Waals surface area (Å²) in [6.45, 7) is 1.66. The van der Waals surface area contributed by atoms with Gasteiger partial charge in [0, 0.05) is 11.8 Å². The highest BCUT2D eigenvalue weighted by Gasteiger charge is 2.11. The van der Waals surface area contributed by atoms with E-state index in [1.165, 1.54) is 6.20 Å². The lowest BCUT2D eigenvalue weighted by atomic mass is 10.0. The highest BCUT2D eigenvalue weighted by molar-refractivity contribution is 6.05. The predicted molar refractivity (Wildman–Crippen MR) is 75.1 cm³/mol. The molecule has 1 aromatic carbocycles. The second-order valence-corrected chi connectivity index (χ2v) is 4.07. The van der Waals surface area contributed by atoms with Crippen molar-refractivity contribution in [2.24, 2.45) is 0 Å². The first-order valence-corrected chi connectivity index (χ1v) is 6.00. The number of nitrogens with one attached hydrogen (secondary N) is 1. The van der Waals surface area contributed by atoms with E-state index in [1.807, 2.05) is 13.0 Å². The first-order valence-electron chi connectivity index (χ1n) is 6.00. The number of aryl methyl sites for hydroxylation is 1. The molecule has 0 saturated carbocycles. The Balaban J connectivity index is 2.30. The molecule has 5 heteroatoms. The van der Waals surface area contributed by atoms with Crippen LogP contribution in [-0.4, -0.2) is 27.8 Å². The summed E-state index contributed by atoms with van der Waals surface area (Å²) in [7, 11) is 0. The van der Waals surface area contributed by atoms with Crippen molar-refractivity contribution in [3.05, 3.63) is 53.2 Å². The van der Waals surface area contributed by atoms with E-state index in [-0.39, 0.29) is 12.5 Å². The molecule has 0 radical (unpaired) electrons. The number of carbonyl (C=O) groups is 1. The van der Waals surface area contributed by atoms with Crippen molar-refractivity contribution in [3.8, 4) is 11.8 Å². The van der Waals surface area contributed by atoms with Crippen LogP contribution in [0.1, 0.15) is 21.5 Å². The molecule has 0 unspecified atom stereocenters. The van der Waals surface area contributed by atoms with E-state index in [0.29, 0.717) is 16.9 Å². The first-order chi connectivity index (χ1) is 9.70. The maximum atomic E-state index is 12.2. The van der Waals surface area contributed by atoms with Gasteiger partial charge in [0.05, 0.1) is 5.56 Å². The zero-order valence-electron chi connectivity index (χ0n) is 10.9. The number of benzene rings is 1. The molecule has 0 bridgehead atoms. The summed E-state index contributed by atoms with van der Waals surface area (Å²) in [5, 5.41) is 18.9. The monoisotopic (exact) mass is 267 g/mol. The molecule has 1 amide bonds. The number of hydrogen-bond donors (Lipinski definition) is 2. The summed E-state index contributed by atoms with van der Waals surface area (Å²) >= 11 is 0. The van der Waals surface area contributed by atoms with Gasteiger partial charge in [0.1, 0.15) is 6.61 Å². The standard InChI is InChI=1S/C15H13N3O2/c1-11-6-7-13(12(10-11)4-3-9-19)15(20)17-14-5-2-8-16-18-14/h2,5-8,10,19H,9H2,1H3,(H,17,18,20). The van der Waals surface area contributed by atoms with Crippen LogP contribution in [0.25, 0.3) is 0 Å². The molecule has 0 aliphatic heterocycles. The molecule has 1 heterocycles. The van der Waals surface area contributed by atoms with Crippen LogP contribution < -0.4 is 5.32 Å². The van der Waals surface area contributed by atoms with Crippen LogP contribution in [0.4, 0.5) is 5.82 Å². The molecular formula is C15H13N3O2. The summed E-state index contributed by atoms with van der Waals surface area (Å²) in [5.74, 6) is 5.38. The Morgan fingerprint density at radius 2 is 2.25 bits per heavy atom. The van der Waals surface area contributed by atoms with Gasteiger partial charge in [0.2, 0.25) is 0 Å². The van der Waals surface area contributed by atoms with Gasteiger partial charge >= 0.3 is 0 Å². The van der Waals surface area contributed by atoms with Crippen LogP contribution in [0.15, 0.2) is 36.5 Å². The van der Waals surface area contributed by atoms with E-state index < -0.39 is 0 Å². The van der Waals surface area contributed by atoms with Crippen LogP contribution in [0.2, 0.25) is 0 Å². The summed E-state index contributed by atoms with van der Waals surface area (Å²) in [6.07, 6.45) is 1.53. The molecule has 1 aromatic heterocycles. The van der Waals surface area contributed by atoms with Crippen molar-refractivity contribution in [1.29, 1.82) is 0 Å². The average molecular weight is 267 g/mol. The molecule has 0 aliphatic rings. The topological polar surface area (TPSA) is 75.1 Å². The van der Waals surface area contributed by atoms with E-state index in [0.717, 1.165) is 5.56 Å². The van der Waals surface area contributed by atoms with Crippen LogP contribution in [0.3, 0.4) is 0 Å². The van der Waals surface area contributed by atoms with Crippen molar-refractivity contribution in [2.75, 3.05) is 11.9 Å². The molecule has 2 N–H and O–H groups in total. The Labute approximate surface area is 116 Å². The van der Waals surface area contributed by atoms with E-state index in [4.69, 9.17) is 5.11 Å². The van der Waals surface area contributed by atoms with Gasteiger partial charge in [-0.2, -0.15) is 5.10 Å².